The molecule has 0 saturated carbocycles. The Kier molecular flexibility index (Phi) is 6.31. The minimum Gasteiger partial charge on any atom is -0.316 e. The predicted molar refractivity (Wildman–Crippen MR) is 81.0 cm³/mol. The van der Waals surface area contributed by atoms with Crippen molar-refractivity contribution in [1.82, 2.24) is 5.32 Å². The molecule has 0 saturated heterocycles. The number of para-hydroxylation sites is 1. The van der Waals surface area contributed by atoms with Crippen LogP contribution in [-0.4, -0.2) is 26.8 Å². The summed E-state index contributed by atoms with van der Waals surface area (Å²) in [6.07, 6.45) is 1.87. The van der Waals surface area contributed by atoms with Crippen molar-refractivity contribution in [3.05, 3.63) is 29.8 Å². The van der Waals surface area contributed by atoms with Crippen LogP contribution in [0.5, 0.6) is 0 Å². The van der Waals surface area contributed by atoms with Gasteiger partial charge in [0.2, 0.25) is 10.0 Å². The van der Waals surface area contributed by atoms with Crippen LogP contribution in [0.15, 0.2) is 24.3 Å². The first kappa shape index (κ1) is 16.0. The Morgan fingerprint density at radius 2 is 1.89 bits per heavy atom. The number of hydrogen-bond donors (Lipinski definition) is 2. The highest BCUT2D eigenvalue weighted by Crippen LogP contribution is 2.19. The molecule has 0 aliphatic heterocycles. The molecular weight excluding hydrogens is 260 g/mol. The van der Waals surface area contributed by atoms with Crippen molar-refractivity contribution < 1.29 is 8.42 Å². The minimum absolute atomic E-state index is 0.456. The summed E-state index contributed by atoms with van der Waals surface area (Å²) in [6.45, 7) is 6.99. The average Bonchev–Trinajstić information content (AvgIpc) is 2.38. The van der Waals surface area contributed by atoms with Crippen LogP contribution in [-0.2, 0) is 16.4 Å². The van der Waals surface area contributed by atoms with Gasteiger partial charge in [-0.2, -0.15) is 0 Å². The molecular formula is C14H24N2O2S. The minimum atomic E-state index is -3.34. The predicted octanol–water partition coefficient (Wildman–Crippen LogP) is 2.38. The molecule has 1 aromatic carbocycles. The molecule has 0 heterocycles. The summed E-state index contributed by atoms with van der Waals surface area (Å²) < 4.78 is 27.1. The smallest absolute Gasteiger partial charge is 0.236 e. The zero-order valence-electron chi connectivity index (χ0n) is 11.9. The van der Waals surface area contributed by atoms with E-state index in [0.29, 0.717) is 12.2 Å². The van der Waals surface area contributed by atoms with Crippen molar-refractivity contribution >= 4 is 15.7 Å². The summed E-state index contributed by atoms with van der Waals surface area (Å²) in [5.41, 5.74) is 1.75. The highest BCUT2D eigenvalue weighted by atomic mass is 32.2. The molecule has 1 unspecified atom stereocenters. The van der Waals surface area contributed by atoms with Crippen LogP contribution in [0.4, 0.5) is 5.69 Å². The molecule has 1 rings (SSSR count). The molecule has 0 bridgehead atoms. The fourth-order valence-electron chi connectivity index (χ4n) is 1.82. The van der Waals surface area contributed by atoms with E-state index in [1.165, 1.54) is 0 Å². The van der Waals surface area contributed by atoms with Gasteiger partial charge in [-0.1, -0.05) is 38.5 Å². The lowest BCUT2D eigenvalue weighted by atomic mass is 10.1. The molecule has 0 aromatic heterocycles. The Morgan fingerprint density at radius 1 is 1.21 bits per heavy atom. The Hall–Kier alpha value is -1.07. The Labute approximate surface area is 116 Å². The van der Waals surface area contributed by atoms with E-state index in [1.54, 1.807) is 6.92 Å². The van der Waals surface area contributed by atoms with Crippen LogP contribution in [0.1, 0.15) is 32.8 Å². The number of benzene rings is 1. The first-order chi connectivity index (χ1) is 9.01. The van der Waals surface area contributed by atoms with E-state index in [-0.39, 0.29) is 0 Å². The number of nitrogens with one attached hydrogen (secondary N) is 2. The van der Waals surface area contributed by atoms with Gasteiger partial charge in [0.15, 0.2) is 0 Å². The number of aryl methyl sites for hydroxylation is 1. The van der Waals surface area contributed by atoms with E-state index in [4.69, 9.17) is 0 Å². The molecule has 2 N–H and O–H groups in total. The molecule has 4 nitrogen and oxygen atoms in total. The van der Waals surface area contributed by atoms with Gasteiger partial charge >= 0.3 is 0 Å². The van der Waals surface area contributed by atoms with Crippen molar-refractivity contribution in [2.45, 2.75) is 38.9 Å². The Balaban J connectivity index is 2.83. The van der Waals surface area contributed by atoms with E-state index in [1.807, 2.05) is 31.2 Å². The lowest BCUT2D eigenvalue weighted by Gasteiger charge is -2.17. The van der Waals surface area contributed by atoms with Crippen molar-refractivity contribution in [2.75, 3.05) is 17.8 Å². The highest BCUT2D eigenvalue weighted by Gasteiger charge is 2.20. The molecule has 0 fully saturated rings. The van der Waals surface area contributed by atoms with Crippen LogP contribution < -0.4 is 10.0 Å². The number of anilines is 1. The third-order valence-electron chi connectivity index (χ3n) is 3.00. The van der Waals surface area contributed by atoms with Gasteiger partial charge in [0, 0.05) is 6.54 Å². The monoisotopic (exact) mass is 284 g/mol. The molecule has 108 valence electrons. The number of hydrogen-bond acceptors (Lipinski definition) is 3. The van der Waals surface area contributed by atoms with Crippen molar-refractivity contribution in [1.29, 1.82) is 0 Å². The van der Waals surface area contributed by atoms with Gasteiger partial charge in [0.05, 0.1) is 10.9 Å². The fraction of sp³-hybridized carbons (Fsp3) is 0.571. The summed E-state index contributed by atoms with van der Waals surface area (Å²) in [4.78, 5) is 0. The first-order valence-electron chi connectivity index (χ1n) is 6.81. The third kappa shape index (κ3) is 4.84. The molecule has 5 heteroatoms. The Bertz CT molecular complexity index is 486. The molecule has 0 aliphatic rings. The maximum Gasteiger partial charge on any atom is 0.236 e. The molecule has 1 atom stereocenters. The number of rotatable bonds is 8. The fourth-order valence-corrected chi connectivity index (χ4v) is 2.86. The molecule has 0 aliphatic carbocycles. The summed E-state index contributed by atoms with van der Waals surface area (Å²) in [5.74, 6) is 0. The van der Waals surface area contributed by atoms with Gasteiger partial charge in [0.1, 0.15) is 0 Å². The zero-order valence-corrected chi connectivity index (χ0v) is 12.8. The number of sulfonamides is 1. The van der Waals surface area contributed by atoms with Gasteiger partial charge in [-0.05, 0) is 31.5 Å². The standard InChI is InChI=1S/C14H24N2O2S/c1-4-8-13-9-6-7-10-14(13)16-19(17,18)12(3)11-15-5-2/h6-7,9-10,12,15-16H,4-5,8,11H2,1-3H3. The summed E-state index contributed by atoms with van der Waals surface area (Å²) in [6, 6.07) is 7.58. The van der Waals surface area contributed by atoms with Gasteiger partial charge < -0.3 is 5.32 Å². The van der Waals surface area contributed by atoms with Gasteiger partial charge in [-0.25, -0.2) is 8.42 Å². The SMILES string of the molecule is CCCc1ccccc1NS(=O)(=O)C(C)CNCC. The maximum absolute atomic E-state index is 12.2. The topological polar surface area (TPSA) is 58.2 Å². The molecule has 0 spiro atoms. The van der Waals surface area contributed by atoms with E-state index in [0.717, 1.165) is 24.9 Å². The molecule has 1 aromatic rings. The van der Waals surface area contributed by atoms with Gasteiger partial charge in [-0.3, -0.25) is 4.72 Å². The molecule has 0 amide bonds. The van der Waals surface area contributed by atoms with Crippen molar-refractivity contribution in [3.8, 4) is 0 Å². The summed E-state index contributed by atoms with van der Waals surface area (Å²) in [7, 11) is -3.34. The van der Waals surface area contributed by atoms with Gasteiger partial charge in [-0.15, -0.1) is 0 Å². The van der Waals surface area contributed by atoms with Crippen molar-refractivity contribution in [2.24, 2.45) is 0 Å². The van der Waals surface area contributed by atoms with Crippen LogP contribution in [0, 0.1) is 0 Å². The zero-order chi connectivity index (χ0) is 14.3. The summed E-state index contributed by atoms with van der Waals surface area (Å²) >= 11 is 0. The largest absolute Gasteiger partial charge is 0.316 e. The lowest BCUT2D eigenvalue weighted by Crippen LogP contribution is -2.34. The maximum atomic E-state index is 12.2. The average molecular weight is 284 g/mol. The van der Waals surface area contributed by atoms with Crippen LogP contribution in [0.3, 0.4) is 0 Å². The summed E-state index contributed by atoms with van der Waals surface area (Å²) in [5, 5.41) is 2.60. The highest BCUT2D eigenvalue weighted by molar-refractivity contribution is 7.93. The van der Waals surface area contributed by atoms with E-state index in [9.17, 15) is 8.42 Å². The van der Waals surface area contributed by atoms with E-state index < -0.39 is 15.3 Å². The normalized spacial score (nSPS) is 13.2. The lowest BCUT2D eigenvalue weighted by molar-refractivity contribution is 0.579. The molecule has 19 heavy (non-hydrogen) atoms. The van der Waals surface area contributed by atoms with Crippen molar-refractivity contribution in [3.63, 3.8) is 0 Å². The van der Waals surface area contributed by atoms with E-state index >= 15 is 0 Å². The van der Waals surface area contributed by atoms with Crippen LogP contribution >= 0.6 is 0 Å². The van der Waals surface area contributed by atoms with E-state index in [2.05, 4.69) is 17.0 Å². The second kappa shape index (κ2) is 7.50. The Morgan fingerprint density at radius 3 is 2.53 bits per heavy atom. The first-order valence-corrected chi connectivity index (χ1v) is 8.36. The quantitative estimate of drug-likeness (QED) is 0.770. The van der Waals surface area contributed by atoms with Crippen LogP contribution in [0.25, 0.3) is 0 Å². The third-order valence-corrected chi connectivity index (χ3v) is 4.73. The van der Waals surface area contributed by atoms with Crippen LogP contribution in [0.2, 0.25) is 0 Å². The van der Waals surface area contributed by atoms with Gasteiger partial charge in [0.25, 0.3) is 0 Å². The second-order valence-electron chi connectivity index (χ2n) is 4.67. The molecule has 0 radical (unpaired) electrons. The second-order valence-corrected chi connectivity index (χ2v) is 6.77.